The summed E-state index contributed by atoms with van der Waals surface area (Å²) in [6.45, 7) is 0.657. The van der Waals surface area contributed by atoms with E-state index in [1.807, 2.05) is 0 Å². The molecule has 17 heavy (non-hydrogen) atoms. The van der Waals surface area contributed by atoms with E-state index >= 15 is 0 Å². The molecule has 1 fully saturated rings. The molecule has 3 nitrogen and oxygen atoms in total. The van der Waals surface area contributed by atoms with Crippen LogP contribution in [0.15, 0.2) is 0 Å². The zero-order valence-corrected chi connectivity index (χ0v) is 10.0. The van der Waals surface area contributed by atoms with Gasteiger partial charge in [0.25, 0.3) is 0 Å². The quantitative estimate of drug-likeness (QED) is 0.832. The second-order valence-electron chi connectivity index (χ2n) is 4.71. The minimum Gasteiger partial charge on any atom is -0.332 e. The van der Waals surface area contributed by atoms with Crippen molar-refractivity contribution in [2.45, 2.75) is 50.7 Å². The topological polar surface area (TPSA) is 46.3 Å². The Morgan fingerprint density at radius 1 is 1.35 bits per heavy atom. The number of carbonyl (C=O) groups is 1. The van der Waals surface area contributed by atoms with E-state index in [1.165, 1.54) is 0 Å². The Hall–Kier alpha value is -0.780. The molecule has 100 valence electrons. The molecule has 2 N–H and O–H groups in total. The van der Waals surface area contributed by atoms with Crippen LogP contribution in [0.5, 0.6) is 0 Å². The Balaban J connectivity index is 2.72. The Kier molecular flexibility index (Phi) is 4.41. The van der Waals surface area contributed by atoms with Crippen molar-refractivity contribution < 1.29 is 18.0 Å². The minimum absolute atomic E-state index is 0.108. The molecule has 0 aromatic rings. The van der Waals surface area contributed by atoms with Crippen molar-refractivity contribution in [1.82, 2.24) is 4.90 Å². The third kappa shape index (κ3) is 3.87. The van der Waals surface area contributed by atoms with Gasteiger partial charge in [0.2, 0.25) is 5.91 Å². The van der Waals surface area contributed by atoms with Crippen molar-refractivity contribution in [3.8, 4) is 0 Å². The van der Waals surface area contributed by atoms with E-state index < -0.39 is 24.2 Å². The van der Waals surface area contributed by atoms with E-state index in [4.69, 9.17) is 5.73 Å². The zero-order chi connectivity index (χ0) is 13.1. The molecule has 1 amide bonds. The lowest BCUT2D eigenvalue weighted by molar-refractivity contribution is -0.164. The van der Waals surface area contributed by atoms with Crippen LogP contribution in [0.4, 0.5) is 13.2 Å². The summed E-state index contributed by atoms with van der Waals surface area (Å²) in [6.07, 6.45) is -1.26. The van der Waals surface area contributed by atoms with Crippen molar-refractivity contribution in [2.75, 3.05) is 13.1 Å². The molecule has 0 aliphatic heterocycles. The average molecular weight is 252 g/mol. The number of hydrogen-bond donors (Lipinski definition) is 1. The van der Waals surface area contributed by atoms with Crippen LogP contribution in [0.25, 0.3) is 0 Å². The standard InChI is InChI=1S/C11H19F3N2O/c1-2-7-16(8-11(12,13)14)9(17)10(15)5-3-4-6-10/h2-8,15H2,1H3. The molecule has 0 aromatic carbocycles. The number of hydrogen-bond acceptors (Lipinski definition) is 2. The number of nitrogens with zero attached hydrogens (tertiary/aromatic N) is 1. The summed E-state index contributed by atoms with van der Waals surface area (Å²) in [7, 11) is 0. The summed E-state index contributed by atoms with van der Waals surface area (Å²) in [5.74, 6) is -0.547. The molecule has 0 unspecified atom stereocenters. The van der Waals surface area contributed by atoms with Gasteiger partial charge in [-0.15, -0.1) is 0 Å². The lowest BCUT2D eigenvalue weighted by Crippen LogP contribution is -2.55. The number of amides is 1. The maximum atomic E-state index is 12.4. The van der Waals surface area contributed by atoms with Gasteiger partial charge in [0.15, 0.2) is 0 Å². The first-order valence-corrected chi connectivity index (χ1v) is 5.93. The number of halogens is 3. The second kappa shape index (κ2) is 5.25. The third-order valence-electron chi connectivity index (χ3n) is 3.07. The number of alkyl halides is 3. The van der Waals surface area contributed by atoms with Crippen LogP contribution in [-0.2, 0) is 4.79 Å². The summed E-state index contributed by atoms with van der Waals surface area (Å²) in [5.41, 5.74) is 4.83. The largest absolute Gasteiger partial charge is 0.406 e. The molecule has 1 aliphatic rings. The van der Waals surface area contributed by atoms with Gasteiger partial charge in [-0.05, 0) is 19.3 Å². The summed E-state index contributed by atoms with van der Waals surface area (Å²) in [4.78, 5) is 12.9. The highest BCUT2D eigenvalue weighted by Crippen LogP contribution is 2.30. The molecular weight excluding hydrogens is 233 g/mol. The van der Waals surface area contributed by atoms with Crippen LogP contribution in [0.2, 0.25) is 0 Å². The molecule has 1 aliphatic carbocycles. The van der Waals surface area contributed by atoms with Crippen molar-refractivity contribution in [2.24, 2.45) is 5.73 Å². The fourth-order valence-electron chi connectivity index (χ4n) is 2.27. The van der Waals surface area contributed by atoms with Gasteiger partial charge in [-0.2, -0.15) is 13.2 Å². The summed E-state index contributed by atoms with van der Waals surface area (Å²) in [5, 5.41) is 0. The van der Waals surface area contributed by atoms with Crippen molar-refractivity contribution in [3.05, 3.63) is 0 Å². The first kappa shape index (κ1) is 14.3. The van der Waals surface area contributed by atoms with Crippen LogP contribution in [0, 0.1) is 0 Å². The van der Waals surface area contributed by atoms with E-state index in [0.717, 1.165) is 17.7 Å². The molecule has 0 heterocycles. The van der Waals surface area contributed by atoms with Crippen LogP contribution in [-0.4, -0.2) is 35.6 Å². The monoisotopic (exact) mass is 252 g/mol. The van der Waals surface area contributed by atoms with Gasteiger partial charge in [-0.25, -0.2) is 0 Å². The first-order chi connectivity index (χ1) is 7.78. The fraction of sp³-hybridized carbons (Fsp3) is 0.909. The van der Waals surface area contributed by atoms with Crippen molar-refractivity contribution in [3.63, 3.8) is 0 Å². The Labute approximate surface area is 99.1 Å². The predicted molar refractivity (Wildman–Crippen MR) is 58.3 cm³/mol. The number of nitrogens with two attached hydrogens (primary N) is 1. The maximum absolute atomic E-state index is 12.4. The molecule has 0 saturated heterocycles. The highest BCUT2D eigenvalue weighted by molar-refractivity contribution is 5.86. The Bertz CT molecular complexity index is 272. The molecule has 0 radical (unpaired) electrons. The smallest absolute Gasteiger partial charge is 0.332 e. The summed E-state index contributed by atoms with van der Waals surface area (Å²) < 4.78 is 37.1. The van der Waals surface area contributed by atoms with Gasteiger partial charge in [-0.3, -0.25) is 4.79 Å². The zero-order valence-electron chi connectivity index (χ0n) is 10.0. The molecular formula is C11H19F3N2O. The van der Waals surface area contributed by atoms with Gasteiger partial charge in [0.1, 0.15) is 6.54 Å². The minimum atomic E-state index is -4.36. The first-order valence-electron chi connectivity index (χ1n) is 5.93. The molecule has 0 aromatic heterocycles. The van der Waals surface area contributed by atoms with Gasteiger partial charge >= 0.3 is 6.18 Å². The number of rotatable bonds is 4. The van der Waals surface area contributed by atoms with Crippen LogP contribution in [0.1, 0.15) is 39.0 Å². The van der Waals surface area contributed by atoms with Gasteiger partial charge in [0.05, 0.1) is 5.54 Å². The Morgan fingerprint density at radius 3 is 2.29 bits per heavy atom. The molecule has 6 heteroatoms. The highest BCUT2D eigenvalue weighted by Gasteiger charge is 2.42. The van der Waals surface area contributed by atoms with Crippen molar-refractivity contribution >= 4 is 5.91 Å². The molecule has 1 rings (SSSR count). The third-order valence-corrected chi connectivity index (χ3v) is 3.07. The van der Waals surface area contributed by atoms with E-state index in [9.17, 15) is 18.0 Å². The van der Waals surface area contributed by atoms with Crippen LogP contribution < -0.4 is 5.73 Å². The SMILES string of the molecule is CCCN(CC(F)(F)F)C(=O)C1(N)CCCC1. The molecule has 0 atom stereocenters. The molecule has 0 spiro atoms. The highest BCUT2D eigenvalue weighted by atomic mass is 19.4. The van der Waals surface area contributed by atoms with Crippen LogP contribution >= 0.6 is 0 Å². The van der Waals surface area contributed by atoms with Gasteiger partial charge in [-0.1, -0.05) is 19.8 Å². The Morgan fingerprint density at radius 2 is 1.88 bits per heavy atom. The molecule has 0 bridgehead atoms. The van der Waals surface area contributed by atoms with E-state index in [0.29, 0.717) is 19.3 Å². The van der Waals surface area contributed by atoms with Crippen molar-refractivity contribution in [1.29, 1.82) is 0 Å². The lowest BCUT2D eigenvalue weighted by atomic mass is 9.97. The average Bonchev–Trinajstić information content (AvgIpc) is 2.63. The summed E-state index contributed by atoms with van der Waals surface area (Å²) in [6, 6.07) is 0. The number of carbonyl (C=O) groups excluding carboxylic acids is 1. The molecule has 1 saturated carbocycles. The predicted octanol–water partition coefficient (Wildman–Crippen LogP) is 2.06. The lowest BCUT2D eigenvalue weighted by Gasteiger charge is -2.31. The van der Waals surface area contributed by atoms with Gasteiger partial charge in [0, 0.05) is 6.54 Å². The van der Waals surface area contributed by atoms with Crippen LogP contribution in [0.3, 0.4) is 0 Å². The van der Waals surface area contributed by atoms with E-state index in [2.05, 4.69) is 0 Å². The van der Waals surface area contributed by atoms with E-state index in [-0.39, 0.29) is 6.54 Å². The second-order valence-corrected chi connectivity index (χ2v) is 4.71. The fourth-order valence-corrected chi connectivity index (χ4v) is 2.27. The normalized spacial score (nSPS) is 19.4. The van der Waals surface area contributed by atoms with E-state index in [1.54, 1.807) is 6.92 Å². The summed E-state index contributed by atoms with van der Waals surface area (Å²) >= 11 is 0. The van der Waals surface area contributed by atoms with Gasteiger partial charge < -0.3 is 10.6 Å². The maximum Gasteiger partial charge on any atom is 0.406 e.